The lowest BCUT2D eigenvalue weighted by atomic mass is 9.98. The minimum Gasteiger partial charge on any atom is -0.291 e. The number of benzene rings is 1. The molecule has 2 saturated heterocycles. The fourth-order valence-corrected chi connectivity index (χ4v) is 3.76. The summed E-state index contributed by atoms with van der Waals surface area (Å²) in [7, 11) is -4.31. The Balaban J connectivity index is 1.71. The molecule has 3 atom stereocenters. The largest absolute Gasteiger partial charge is 0.513 e. The summed E-state index contributed by atoms with van der Waals surface area (Å²) >= 11 is 0. The molecule has 2 aliphatic heterocycles. The normalized spacial score (nSPS) is 35.8. The van der Waals surface area contributed by atoms with Crippen LogP contribution in [0.2, 0.25) is 0 Å². The summed E-state index contributed by atoms with van der Waals surface area (Å²) in [5, 5.41) is 0. The van der Waals surface area contributed by atoms with Gasteiger partial charge in [0.2, 0.25) is 0 Å². The van der Waals surface area contributed by atoms with Crippen LogP contribution in [0.3, 0.4) is 0 Å². The molecule has 6 heteroatoms. The minimum atomic E-state index is -4.31. The van der Waals surface area contributed by atoms with Gasteiger partial charge in [-0.15, -0.1) is 4.20 Å². The number of nitrogens with zero attached hydrogens (tertiary/aromatic N) is 1. The van der Waals surface area contributed by atoms with Gasteiger partial charge in [0, 0.05) is 6.54 Å². The van der Waals surface area contributed by atoms with Crippen molar-refractivity contribution in [3.63, 3.8) is 0 Å². The second kappa shape index (κ2) is 5.33. The second-order valence-corrected chi connectivity index (χ2v) is 6.37. The number of piperidine rings is 1. The Morgan fingerprint density at radius 2 is 2.16 bits per heavy atom. The molecule has 2 aliphatic rings. The van der Waals surface area contributed by atoms with Gasteiger partial charge in [0.25, 0.3) is 0 Å². The number of hydrogen-bond acceptors (Lipinski definition) is 4. The predicted molar refractivity (Wildman–Crippen MR) is 69.4 cm³/mol. The summed E-state index contributed by atoms with van der Waals surface area (Å²) in [6.45, 7) is 1.86. The molecule has 3 unspecified atom stereocenters. The fraction of sp³-hybridized carbons (Fsp3) is 0.538. The van der Waals surface area contributed by atoms with Gasteiger partial charge in [-0.2, -0.15) is 0 Å². The van der Waals surface area contributed by atoms with Crippen LogP contribution in [-0.2, 0) is 20.2 Å². The van der Waals surface area contributed by atoms with E-state index in [1.54, 1.807) is 0 Å². The number of likely N-dealkylation sites (tertiary alicyclic amines) is 1. The summed E-state index contributed by atoms with van der Waals surface area (Å²) in [5.41, 5.74) is 1.21. The van der Waals surface area contributed by atoms with E-state index in [1.807, 2.05) is 18.2 Å². The summed E-state index contributed by atoms with van der Waals surface area (Å²) in [6, 6.07) is 10.1. The van der Waals surface area contributed by atoms with E-state index in [4.69, 9.17) is 9.05 Å². The van der Waals surface area contributed by atoms with Crippen LogP contribution in [-0.4, -0.2) is 30.2 Å². The summed E-state index contributed by atoms with van der Waals surface area (Å²) in [6.07, 6.45) is 1.35. The number of hydrogen-bond donors (Lipinski definition) is 0. The first kappa shape index (κ1) is 13.3. The molecular weight excluding hydrogens is 268 g/mol. The topological polar surface area (TPSA) is 38.8 Å². The highest BCUT2D eigenvalue weighted by molar-refractivity contribution is 7.48. The highest BCUT2D eigenvalue weighted by atomic mass is 31.2. The minimum absolute atomic E-state index is 0.00761. The van der Waals surface area contributed by atoms with Gasteiger partial charge in [0.15, 0.2) is 0 Å². The van der Waals surface area contributed by atoms with Crippen LogP contribution < -0.4 is 0 Å². The Kier molecular flexibility index (Phi) is 3.72. The zero-order chi connectivity index (χ0) is 13.3. The van der Waals surface area contributed by atoms with Crippen molar-refractivity contribution in [2.45, 2.75) is 31.5 Å². The smallest absolute Gasteiger partial charge is 0.291 e. The van der Waals surface area contributed by atoms with Crippen molar-refractivity contribution < 1.29 is 17.8 Å². The maximum Gasteiger partial charge on any atom is 0.513 e. The molecule has 0 saturated carbocycles. The van der Waals surface area contributed by atoms with Crippen LogP contribution in [0, 0.1) is 0 Å². The molecule has 2 heterocycles. The van der Waals surface area contributed by atoms with E-state index in [-0.39, 0.29) is 18.8 Å². The molecule has 0 bridgehead atoms. The first-order chi connectivity index (χ1) is 9.14. The van der Waals surface area contributed by atoms with Crippen molar-refractivity contribution in [1.82, 2.24) is 4.90 Å². The molecule has 1 aromatic rings. The SMILES string of the molecule is O=P1(F)OCC2C(CCCN2Cc2ccccc2)O1. The summed E-state index contributed by atoms with van der Waals surface area (Å²) in [4.78, 5) is 2.22. The third kappa shape index (κ3) is 3.06. The van der Waals surface area contributed by atoms with Gasteiger partial charge >= 0.3 is 7.91 Å². The molecule has 1 aromatic carbocycles. The van der Waals surface area contributed by atoms with Gasteiger partial charge in [-0.05, 0) is 24.9 Å². The summed E-state index contributed by atoms with van der Waals surface area (Å²) < 4.78 is 34.2. The van der Waals surface area contributed by atoms with Crippen LogP contribution in [0.4, 0.5) is 4.20 Å². The van der Waals surface area contributed by atoms with E-state index in [9.17, 15) is 8.76 Å². The quantitative estimate of drug-likeness (QED) is 0.782. The lowest BCUT2D eigenvalue weighted by Crippen LogP contribution is -2.52. The first-order valence-electron chi connectivity index (χ1n) is 6.55. The summed E-state index contributed by atoms with van der Waals surface area (Å²) in [5.74, 6) is 0. The van der Waals surface area contributed by atoms with Crippen molar-refractivity contribution >= 4 is 7.91 Å². The zero-order valence-electron chi connectivity index (χ0n) is 10.6. The highest BCUT2D eigenvalue weighted by Gasteiger charge is 2.44. The van der Waals surface area contributed by atoms with Crippen molar-refractivity contribution in [2.75, 3.05) is 13.2 Å². The molecule has 2 fully saturated rings. The van der Waals surface area contributed by atoms with Crippen LogP contribution in [0.1, 0.15) is 18.4 Å². The number of fused-ring (bicyclic) bond motifs is 1. The third-order valence-electron chi connectivity index (χ3n) is 3.72. The van der Waals surface area contributed by atoms with E-state index in [2.05, 4.69) is 17.0 Å². The molecule has 3 rings (SSSR count). The molecule has 0 amide bonds. The Hall–Kier alpha value is -0.740. The molecule has 19 heavy (non-hydrogen) atoms. The van der Waals surface area contributed by atoms with Gasteiger partial charge in [0.1, 0.15) is 0 Å². The van der Waals surface area contributed by atoms with E-state index in [0.29, 0.717) is 0 Å². The van der Waals surface area contributed by atoms with Crippen molar-refractivity contribution in [3.8, 4) is 0 Å². The predicted octanol–water partition coefficient (Wildman–Crippen LogP) is 3.14. The van der Waals surface area contributed by atoms with Gasteiger partial charge in [-0.3, -0.25) is 13.9 Å². The van der Waals surface area contributed by atoms with E-state index >= 15 is 0 Å². The number of halogens is 1. The molecule has 0 spiro atoms. The number of rotatable bonds is 2. The van der Waals surface area contributed by atoms with Crippen LogP contribution in [0.15, 0.2) is 30.3 Å². The average Bonchev–Trinajstić information content (AvgIpc) is 2.39. The van der Waals surface area contributed by atoms with Crippen molar-refractivity contribution in [1.29, 1.82) is 0 Å². The van der Waals surface area contributed by atoms with E-state index < -0.39 is 7.91 Å². The van der Waals surface area contributed by atoms with Gasteiger partial charge in [-0.25, -0.2) is 4.57 Å². The standard InChI is InChI=1S/C13H17FNO3P/c14-19(16)17-10-12-13(18-19)7-4-8-15(12)9-11-5-2-1-3-6-11/h1-3,5-6,12-13H,4,7-10H2. The average molecular weight is 285 g/mol. The molecule has 0 aromatic heterocycles. The Morgan fingerprint density at radius 1 is 1.37 bits per heavy atom. The Bertz CT molecular complexity index is 484. The molecule has 4 nitrogen and oxygen atoms in total. The molecule has 104 valence electrons. The lowest BCUT2D eigenvalue weighted by Gasteiger charge is -2.43. The van der Waals surface area contributed by atoms with Gasteiger partial charge < -0.3 is 0 Å². The van der Waals surface area contributed by atoms with Gasteiger partial charge in [-0.1, -0.05) is 30.3 Å². The second-order valence-electron chi connectivity index (χ2n) is 5.04. The maximum atomic E-state index is 13.3. The Morgan fingerprint density at radius 3 is 2.95 bits per heavy atom. The lowest BCUT2D eigenvalue weighted by molar-refractivity contribution is -0.0503. The van der Waals surface area contributed by atoms with E-state index in [0.717, 1.165) is 25.9 Å². The van der Waals surface area contributed by atoms with Crippen LogP contribution in [0.5, 0.6) is 0 Å². The van der Waals surface area contributed by atoms with Crippen molar-refractivity contribution in [3.05, 3.63) is 35.9 Å². The molecule has 0 radical (unpaired) electrons. The van der Waals surface area contributed by atoms with Gasteiger partial charge in [0.05, 0.1) is 18.8 Å². The Labute approximate surface area is 112 Å². The first-order valence-corrected chi connectivity index (χ1v) is 7.98. The maximum absolute atomic E-state index is 13.3. The molecule has 0 N–H and O–H groups in total. The molecular formula is C13H17FNO3P. The fourth-order valence-electron chi connectivity index (χ4n) is 2.80. The van der Waals surface area contributed by atoms with Crippen LogP contribution >= 0.6 is 7.91 Å². The monoisotopic (exact) mass is 285 g/mol. The highest BCUT2D eigenvalue weighted by Crippen LogP contribution is 2.55. The zero-order valence-corrected chi connectivity index (χ0v) is 11.5. The molecule has 0 aliphatic carbocycles. The van der Waals surface area contributed by atoms with Crippen molar-refractivity contribution in [2.24, 2.45) is 0 Å². The van der Waals surface area contributed by atoms with Crippen LogP contribution in [0.25, 0.3) is 0 Å². The third-order valence-corrected chi connectivity index (χ3v) is 4.70. The van der Waals surface area contributed by atoms with E-state index in [1.165, 1.54) is 5.56 Å².